The number of para-hydroxylation sites is 1. The van der Waals surface area contributed by atoms with Crippen molar-refractivity contribution in [2.24, 2.45) is 0 Å². The van der Waals surface area contributed by atoms with Crippen LogP contribution < -0.4 is 20.1 Å². The zero-order valence-corrected chi connectivity index (χ0v) is 26.9. The number of nitrogens with one attached hydrogen (secondary N) is 2. The van der Waals surface area contributed by atoms with E-state index in [9.17, 15) is 4.79 Å². The molecule has 0 saturated carbocycles. The van der Waals surface area contributed by atoms with Crippen LogP contribution in [0, 0.1) is 6.92 Å². The molecule has 1 aromatic heterocycles. The van der Waals surface area contributed by atoms with Gasteiger partial charge in [0.25, 0.3) is 5.91 Å². The van der Waals surface area contributed by atoms with Crippen molar-refractivity contribution in [3.63, 3.8) is 0 Å². The number of rotatable bonds is 10. The minimum absolute atomic E-state index is 0.239. The molecule has 42 heavy (non-hydrogen) atoms. The third-order valence-electron chi connectivity index (χ3n) is 6.80. The van der Waals surface area contributed by atoms with Gasteiger partial charge in [-0.2, -0.15) is 4.98 Å². The normalized spacial score (nSPS) is 14.3. The first-order valence-corrected chi connectivity index (χ1v) is 15.6. The van der Waals surface area contributed by atoms with Gasteiger partial charge in [-0.3, -0.25) is 4.79 Å². The molecule has 0 radical (unpaired) electrons. The van der Waals surface area contributed by atoms with Crippen LogP contribution in [0.15, 0.2) is 81.6 Å². The molecule has 0 saturated heterocycles. The Morgan fingerprint density at radius 2 is 1.93 bits per heavy atom. The largest absolute Gasteiger partial charge is 0.493 e. The number of allylic oxidation sites excluding steroid dienone is 1. The second-order valence-electron chi connectivity index (χ2n) is 9.76. The van der Waals surface area contributed by atoms with Crippen molar-refractivity contribution in [2.45, 2.75) is 45.0 Å². The van der Waals surface area contributed by atoms with Gasteiger partial charge in [0.1, 0.15) is 12.6 Å². The lowest BCUT2D eigenvalue weighted by Crippen LogP contribution is -2.31. The number of methoxy groups -OCH3 is 1. The summed E-state index contributed by atoms with van der Waals surface area (Å²) in [6.07, 6.45) is 0.993. The fourth-order valence-corrected chi connectivity index (χ4v) is 6.14. The molecule has 218 valence electrons. The number of halogens is 2. The summed E-state index contributed by atoms with van der Waals surface area (Å²) in [6.45, 7) is 6.21. The fourth-order valence-electron chi connectivity index (χ4n) is 4.69. The molecule has 0 spiro atoms. The van der Waals surface area contributed by atoms with Crippen LogP contribution in [-0.2, 0) is 11.4 Å². The van der Waals surface area contributed by atoms with E-state index in [2.05, 4.69) is 33.5 Å². The van der Waals surface area contributed by atoms with Crippen LogP contribution in [-0.4, -0.2) is 33.5 Å². The average Bonchev–Trinajstić information content (AvgIpc) is 3.38. The van der Waals surface area contributed by atoms with Gasteiger partial charge < -0.3 is 20.1 Å². The van der Waals surface area contributed by atoms with E-state index in [4.69, 9.17) is 31.2 Å². The Morgan fingerprint density at radius 3 is 2.67 bits per heavy atom. The second kappa shape index (κ2) is 13.2. The number of anilines is 2. The molecule has 1 unspecified atom stereocenters. The third kappa shape index (κ3) is 6.30. The van der Waals surface area contributed by atoms with Gasteiger partial charge in [-0.15, -0.1) is 5.10 Å². The number of hydrogen-bond acceptors (Lipinski definition) is 7. The predicted molar refractivity (Wildman–Crippen MR) is 172 cm³/mol. The molecule has 1 aliphatic heterocycles. The number of fused-ring (bicyclic) bond motifs is 1. The van der Waals surface area contributed by atoms with Crippen molar-refractivity contribution in [1.82, 2.24) is 14.8 Å². The maximum Gasteiger partial charge on any atom is 0.255 e. The summed E-state index contributed by atoms with van der Waals surface area (Å²) in [6, 6.07) is 18.4. The average molecular weight is 669 g/mol. The first kappa shape index (κ1) is 30.0. The highest BCUT2D eigenvalue weighted by atomic mass is 79.9. The van der Waals surface area contributed by atoms with E-state index < -0.39 is 6.04 Å². The van der Waals surface area contributed by atoms with Gasteiger partial charge in [-0.05, 0) is 71.6 Å². The van der Waals surface area contributed by atoms with Crippen LogP contribution in [0.4, 0.5) is 11.6 Å². The molecule has 0 aliphatic carbocycles. The standard InChI is InChI=1S/C31H31BrClN5O3S/c1-5-14-42-31-36-30-34-19(3)26(29(39)35-24-13-9-6-10-18(24)2)27(38(30)37-31)21-15-22(32)28(25(16-21)40-4)41-17-20-11-7-8-12-23(20)33/h6-13,15-16,27H,5,14,17H2,1-4H3,(H,35,39)(H,34,36,37). The van der Waals surface area contributed by atoms with Crippen LogP contribution in [0.1, 0.15) is 43.0 Å². The van der Waals surface area contributed by atoms with Crippen molar-refractivity contribution in [2.75, 3.05) is 23.5 Å². The molecule has 1 aliphatic rings. The predicted octanol–water partition coefficient (Wildman–Crippen LogP) is 8.02. The van der Waals surface area contributed by atoms with Gasteiger partial charge in [0.15, 0.2) is 11.5 Å². The Kier molecular flexibility index (Phi) is 9.45. The lowest BCUT2D eigenvalue weighted by Gasteiger charge is -2.29. The molecular weight excluding hydrogens is 638 g/mol. The number of thioether (sulfide) groups is 1. The first-order valence-electron chi connectivity index (χ1n) is 13.5. The monoisotopic (exact) mass is 667 g/mol. The lowest BCUT2D eigenvalue weighted by atomic mass is 9.94. The summed E-state index contributed by atoms with van der Waals surface area (Å²) >= 11 is 11.6. The summed E-state index contributed by atoms with van der Waals surface area (Å²) in [4.78, 5) is 18.7. The zero-order valence-electron chi connectivity index (χ0n) is 23.7. The summed E-state index contributed by atoms with van der Waals surface area (Å²) in [5, 5.41) is 12.5. The van der Waals surface area contributed by atoms with E-state index in [-0.39, 0.29) is 12.5 Å². The van der Waals surface area contributed by atoms with E-state index in [0.29, 0.717) is 43.4 Å². The van der Waals surface area contributed by atoms with Crippen LogP contribution >= 0.6 is 39.3 Å². The molecule has 1 atom stereocenters. The molecule has 5 rings (SSSR count). The van der Waals surface area contributed by atoms with Crippen molar-refractivity contribution < 1.29 is 14.3 Å². The highest BCUT2D eigenvalue weighted by Crippen LogP contribution is 2.43. The fraction of sp³-hybridized carbons (Fsp3) is 0.258. The molecule has 2 N–H and O–H groups in total. The van der Waals surface area contributed by atoms with Crippen molar-refractivity contribution in [3.05, 3.63) is 98.1 Å². The number of ether oxygens (including phenoxy) is 2. The smallest absolute Gasteiger partial charge is 0.255 e. The number of carbonyl (C=O) groups excluding carboxylic acids is 1. The van der Waals surface area contributed by atoms with Crippen LogP contribution in [0.25, 0.3) is 0 Å². The highest BCUT2D eigenvalue weighted by molar-refractivity contribution is 9.10. The third-order valence-corrected chi connectivity index (χ3v) is 8.80. The Labute approximate surface area is 263 Å². The highest BCUT2D eigenvalue weighted by Gasteiger charge is 2.35. The molecule has 2 heterocycles. The van der Waals surface area contributed by atoms with E-state index >= 15 is 0 Å². The van der Waals surface area contributed by atoms with Crippen LogP contribution in [0.5, 0.6) is 11.5 Å². The Morgan fingerprint density at radius 1 is 1.17 bits per heavy atom. The number of aryl methyl sites for hydroxylation is 1. The molecule has 0 fully saturated rings. The van der Waals surface area contributed by atoms with E-state index in [0.717, 1.165) is 34.6 Å². The van der Waals surface area contributed by atoms with Crippen molar-refractivity contribution in [1.29, 1.82) is 0 Å². The minimum Gasteiger partial charge on any atom is -0.493 e. The van der Waals surface area contributed by atoms with Gasteiger partial charge in [0, 0.05) is 27.7 Å². The van der Waals surface area contributed by atoms with Crippen molar-refractivity contribution >= 4 is 56.8 Å². The maximum absolute atomic E-state index is 13.9. The number of carbonyl (C=O) groups is 1. The molecular formula is C31H31BrClN5O3S. The number of amides is 1. The topological polar surface area (TPSA) is 90.3 Å². The van der Waals surface area contributed by atoms with Crippen LogP contribution in [0.2, 0.25) is 5.02 Å². The molecule has 0 bridgehead atoms. The minimum atomic E-state index is -0.587. The van der Waals surface area contributed by atoms with Gasteiger partial charge in [0.05, 0.1) is 17.2 Å². The molecule has 8 nitrogen and oxygen atoms in total. The van der Waals surface area contributed by atoms with Gasteiger partial charge >= 0.3 is 0 Å². The number of benzene rings is 3. The van der Waals surface area contributed by atoms with Gasteiger partial charge in [0.2, 0.25) is 11.1 Å². The van der Waals surface area contributed by atoms with Gasteiger partial charge in [-0.1, -0.05) is 66.7 Å². The lowest BCUT2D eigenvalue weighted by molar-refractivity contribution is -0.113. The number of hydrogen-bond donors (Lipinski definition) is 2. The van der Waals surface area contributed by atoms with E-state index in [1.54, 1.807) is 23.6 Å². The number of nitrogens with zero attached hydrogens (tertiary/aromatic N) is 3. The zero-order chi connectivity index (χ0) is 29.8. The SMILES string of the molecule is CCCSc1nc2n(n1)C(c1cc(Br)c(OCc3ccccc3Cl)c(OC)c1)C(C(=O)Nc1ccccc1C)=C(C)N2. The number of aromatic nitrogens is 3. The van der Waals surface area contributed by atoms with E-state index in [1.165, 1.54) is 0 Å². The van der Waals surface area contributed by atoms with Crippen LogP contribution in [0.3, 0.4) is 0 Å². The Bertz CT molecular complexity index is 1660. The Hall–Kier alpha value is -3.47. The Balaban J connectivity index is 1.56. The van der Waals surface area contributed by atoms with Crippen molar-refractivity contribution in [3.8, 4) is 11.5 Å². The van der Waals surface area contributed by atoms with E-state index in [1.807, 2.05) is 74.5 Å². The summed E-state index contributed by atoms with van der Waals surface area (Å²) in [5.74, 6) is 2.25. The maximum atomic E-state index is 13.9. The quantitative estimate of drug-likeness (QED) is 0.166. The first-order chi connectivity index (χ1) is 20.3. The van der Waals surface area contributed by atoms with Gasteiger partial charge in [-0.25, -0.2) is 4.68 Å². The summed E-state index contributed by atoms with van der Waals surface area (Å²) in [5.41, 5.74) is 4.54. The summed E-state index contributed by atoms with van der Waals surface area (Å²) in [7, 11) is 1.59. The second-order valence-corrected chi connectivity index (χ2v) is 12.1. The molecule has 11 heteroatoms. The molecule has 3 aromatic carbocycles. The molecule has 1 amide bonds. The molecule has 4 aromatic rings. The summed E-state index contributed by atoms with van der Waals surface area (Å²) < 4.78 is 14.4.